The molecule has 0 unspecified atom stereocenters. The van der Waals surface area contributed by atoms with Crippen molar-refractivity contribution in [2.45, 2.75) is 70.1 Å². The Hall–Kier alpha value is -2.74. The fourth-order valence-electron chi connectivity index (χ4n) is 3.85. The largest absolute Gasteiger partial charge is 0.486 e. The summed E-state index contributed by atoms with van der Waals surface area (Å²) in [7, 11) is 0. The summed E-state index contributed by atoms with van der Waals surface area (Å²) in [5.74, 6) is 0.302. The molecule has 0 spiro atoms. The minimum Gasteiger partial charge on any atom is -0.486 e. The molecule has 1 aliphatic heterocycles. The molecule has 1 saturated heterocycles. The Morgan fingerprint density at radius 1 is 1.06 bits per heavy atom. The molecular weight excluding hydrogens is 435 g/mol. The van der Waals surface area contributed by atoms with Crippen molar-refractivity contribution in [3.8, 4) is 5.75 Å². The number of halogens is 3. The summed E-state index contributed by atoms with van der Waals surface area (Å²) < 4.78 is 50.4. The topological polar surface area (TPSA) is 59.0 Å². The Morgan fingerprint density at radius 3 is 2.27 bits per heavy atom. The molecule has 0 aromatic heterocycles. The van der Waals surface area contributed by atoms with Crippen LogP contribution < -0.4 is 4.74 Å². The van der Waals surface area contributed by atoms with Gasteiger partial charge in [-0.2, -0.15) is 13.2 Å². The Balaban J connectivity index is 1.82. The number of ether oxygens (including phenoxy) is 2. The van der Waals surface area contributed by atoms with Crippen LogP contribution in [0.3, 0.4) is 0 Å². The quantitative estimate of drug-likeness (QED) is 0.591. The molecule has 180 valence electrons. The number of aliphatic hydroxyl groups excluding tert-OH is 1. The molecule has 0 saturated carbocycles. The molecule has 3 rings (SSSR count). The van der Waals surface area contributed by atoms with Gasteiger partial charge in [0.2, 0.25) is 0 Å². The number of hydrogen-bond donors (Lipinski definition) is 1. The van der Waals surface area contributed by atoms with Crippen molar-refractivity contribution >= 4 is 6.09 Å². The van der Waals surface area contributed by atoms with Gasteiger partial charge in [0.05, 0.1) is 18.2 Å². The third-order valence-electron chi connectivity index (χ3n) is 5.43. The van der Waals surface area contributed by atoms with E-state index < -0.39 is 35.6 Å². The summed E-state index contributed by atoms with van der Waals surface area (Å²) in [6, 6.07) is 13.6. The smallest absolute Gasteiger partial charge is 0.416 e. The Labute approximate surface area is 192 Å². The van der Waals surface area contributed by atoms with Gasteiger partial charge in [0.25, 0.3) is 0 Å². The first-order valence-corrected chi connectivity index (χ1v) is 11.0. The number of carbonyl (C=O) groups excluding carboxylic acids is 1. The number of aliphatic hydroxyl groups is 1. The Morgan fingerprint density at radius 2 is 1.70 bits per heavy atom. The average molecular weight is 466 g/mol. The van der Waals surface area contributed by atoms with Gasteiger partial charge in [0, 0.05) is 12.5 Å². The number of likely N-dealkylation sites (tertiary alicyclic amines) is 1. The maximum Gasteiger partial charge on any atom is 0.416 e. The van der Waals surface area contributed by atoms with Crippen molar-refractivity contribution in [3.63, 3.8) is 0 Å². The van der Waals surface area contributed by atoms with E-state index in [9.17, 15) is 23.1 Å². The predicted octanol–water partition coefficient (Wildman–Crippen LogP) is 5.98. The molecule has 33 heavy (non-hydrogen) atoms. The molecule has 0 radical (unpaired) electrons. The average Bonchev–Trinajstić information content (AvgIpc) is 2.73. The summed E-state index contributed by atoms with van der Waals surface area (Å²) in [6.07, 6.45) is -4.59. The van der Waals surface area contributed by atoms with Gasteiger partial charge in [-0.3, -0.25) is 0 Å². The van der Waals surface area contributed by atoms with Crippen LogP contribution in [-0.4, -0.2) is 40.4 Å². The van der Waals surface area contributed by atoms with Crippen molar-refractivity contribution in [1.82, 2.24) is 4.90 Å². The van der Waals surface area contributed by atoms with E-state index in [4.69, 9.17) is 9.47 Å². The van der Waals surface area contributed by atoms with Crippen LogP contribution in [0.25, 0.3) is 0 Å². The third kappa shape index (κ3) is 7.12. The summed E-state index contributed by atoms with van der Waals surface area (Å²) >= 11 is 0. The second kappa shape index (κ2) is 10.0. The normalized spacial score (nSPS) is 20.3. The lowest BCUT2D eigenvalue weighted by atomic mass is 9.93. The summed E-state index contributed by atoms with van der Waals surface area (Å²) in [5.41, 5.74) is -0.587. The van der Waals surface area contributed by atoms with Crippen molar-refractivity contribution in [2.24, 2.45) is 0 Å². The molecule has 2 aromatic rings. The highest BCUT2D eigenvalue weighted by Gasteiger charge is 2.36. The molecule has 0 bridgehead atoms. The van der Waals surface area contributed by atoms with E-state index >= 15 is 0 Å². The van der Waals surface area contributed by atoms with Gasteiger partial charge in [0.15, 0.2) is 0 Å². The molecule has 1 aliphatic rings. The summed E-state index contributed by atoms with van der Waals surface area (Å²) in [5, 5.41) is 10.2. The van der Waals surface area contributed by atoms with Gasteiger partial charge >= 0.3 is 12.3 Å². The highest BCUT2D eigenvalue weighted by Crippen LogP contribution is 2.34. The van der Waals surface area contributed by atoms with Crippen LogP contribution in [0.1, 0.15) is 57.3 Å². The predicted molar refractivity (Wildman–Crippen MR) is 118 cm³/mol. The lowest BCUT2D eigenvalue weighted by Gasteiger charge is -2.40. The molecule has 3 atom stereocenters. The van der Waals surface area contributed by atoms with Crippen molar-refractivity contribution in [2.75, 3.05) is 6.54 Å². The number of hydrogen-bond acceptors (Lipinski definition) is 4. The van der Waals surface area contributed by atoms with E-state index in [-0.39, 0.29) is 12.6 Å². The number of amides is 1. The SMILES string of the molecule is CC(C)(C)OC(=O)N1C[C@H](O)CC[C@H]1C[C@H](Oc1ccc(C(F)(F)F)cc1)c1ccccc1. The third-order valence-corrected chi connectivity index (χ3v) is 5.43. The number of piperidine rings is 1. The van der Waals surface area contributed by atoms with Gasteiger partial charge in [0.1, 0.15) is 17.5 Å². The Kier molecular flexibility index (Phi) is 7.57. The van der Waals surface area contributed by atoms with Gasteiger partial charge < -0.3 is 19.5 Å². The number of β-amino-alcohol motifs (C(OH)–C–C–N with tert-alkyl or cyclic N) is 1. The highest BCUT2D eigenvalue weighted by atomic mass is 19.4. The van der Waals surface area contributed by atoms with Crippen molar-refractivity contribution in [1.29, 1.82) is 0 Å². The van der Waals surface area contributed by atoms with E-state index in [0.717, 1.165) is 17.7 Å². The fourth-order valence-corrected chi connectivity index (χ4v) is 3.85. The van der Waals surface area contributed by atoms with Gasteiger partial charge in [-0.1, -0.05) is 30.3 Å². The molecule has 2 aromatic carbocycles. The monoisotopic (exact) mass is 465 g/mol. The highest BCUT2D eigenvalue weighted by molar-refractivity contribution is 5.68. The van der Waals surface area contributed by atoms with E-state index in [1.54, 1.807) is 20.8 Å². The first-order valence-electron chi connectivity index (χ1n) is 11.0. The molecule has 1 amide bonds. The number of carbonyl (C=O) groups is 1. The molecule has 1 N–H and O–H groups in total. The summed E-state index contributed by atoms with van der Waals surface area (Å²) in [4.78, 5) is 14.4. The standard InChI is InChI=1S/C25H30F3NO4/c1-24(2,3)33-23(31)29-16-20(30)12-11-19(29)15-22(17-7-5-4-6-8-17)32-21-13-9-18(10-14-21)25(26,27)28/h4-10,13-14,19-20,22,30H,11-12,15-16H2,1-3H3/t19-,20+,22-/m0/s1. The zero-order valence-electron chi connectivity index (χ0n) is 19.0. The minimum absolute atomic E-state index is 0.154. The van der Waals surface area contributed by atoms with Crippen LogP contribution in [0.2, 0.25) is 0 Å². The van der Waals surface area contributed by atoms with Crippen LogP contribution >= 0.6 is 0 Å². The van der Waals surface area contributed by atoms with Crippen LogP contribution in [0.15, 0.2) is 54.6 Å². The van der Waals surface area contributed by atoms with E-state index in [1.807, 2.05) is 30.3 Å². The number of nitrogens with zero attached hydrogens (tertiary/aromatic N) is 1. The molecule has 5 nitrogen and oxygen atoms in total. The van der Waals surface area contributed by atoms with Crippen LogP contribution in [0, 0.1) is 0 Å². The number of alkyl halides is 3. The van der Waals surface area contributed by atoms with Crippen LogP contribution in [0.4, 0.5) is 18.0 Å². The number of rotatable bonds is 5. The molecule has 1 heterocycles. The zero-order valence-corrected chi connectivity index (χ0v) is 19.0. The second-order valence-corrected chi connectivity index (χ2v) is 9.29. The zero-order chi connectivity index (χ0) is 24.2. The van der Waals surface area contributed by atoms with Gasteiger partial charge in [-0.25, -0.2) is 4.79 Å². The maximum absolute atomic E-state index is 12.9. The fraction of sp³-hybridized carbons (Fsp3) is 0.480. The lowest BCUT2D eigenvalue weighted by molar-refractivity contribution is -0.137. The number of benzene rings is 2. The molecule has 0 aliphatic carbocycles. The molecular formula is C25H30F3NO4. The van der Waals surface area contributed by atoms with Gasteiger partial charge in [-0.15, -0.1) is 0 Å². The molecule has 1 fully saturated rings. The first-order chi connectivity index (χ1) is 15.4. The van der Waals surface area contributed by atoms with E-state index in [2.05, 4.69) is 0 Å². The van der Waals surface area contributed by atoms with Gasteiger partial charge in [-0.05, 0) is 63.4 Å². The molecule has 8 heteroatoms. The second-order valence-electron chi connectivity index (χ2n) is 9.29. The minimum atomic E-state index is -4.42. The van der Waals surface area contributed by atoms with Crippen LogP contribution in [0.5, 0.6) is 5.75 Å². The Bertz CT molecular complexity index is 910. The maximum atomic E-state index is 12.9. The summed E-state index contributed by atoms with van der Waals surface area (Å²) in [6.45, 7) is 5.49. The van der Waals surface area contributed by atoms with E-state index in [0.29, 0.717) is 25.0 Å². The first kappa shape index (κ1) is 24.9. The van der Waals surface area contributed by atoms with E-state index in [1.165, 1.54) is 17.0 Å². The van der Waals surface area contributed by atoms with Crippen molar-refractivity contribution in [3.05, 3.63) is 65.7 Å². The van der Waals surface area contributed by atoms with Crippen LogP contribution in [-0.2, 0) is 10.9 Å². The lowest BCUT2D eigenvalue weighted by Crippen LogP contribution is -2.51. The van der Waals surface area contributed by atoms with Crippen molar-refractivity contribution < 1.29 is 32.5 Å².